The highest BCUT2D eigenvalue weighted by Gasteiger charge is 2.27. The molecule has 0 aliphatic carbocycles. The van der Waals surface area contributed by atoms with E-state index < -0.39 is 17.6 Å². The van der Waals surface area contributed by atoms with Crippen LogP contribution in [0.5, 0.6) is 0 Å². The summed E-state index contributed by atoms with van der Waals surface area (Å²) in [6.07, 6.45) is 2.88. The van der Waals surface area contributed by atoms with Crippen LogP contribution in [0.4, 0.5) is 8.78 Å². The molecule has 1 fully saturated rings. The third-order valence-corrected chi connectivity index (χ3v) is 4.00. The van der Waals surface area contributed by atoms with E-state index in [2.05, 4.69) is 0 Å². The van der Waals surface area contributed by atoms with Crippen molar-refractivity contribution >= 4 is 11.9 Å². The third kappa shape index (κ3) is 4.26. The lowest BCUT2D eigenvalue weighted by Crippen LogP contribution is -2.44. The van der Waals surface area contributed by atoms with Crippen LogP contribution in [0.1, 0.15) is 37.7 Å². The van der Waals surface area contributed by atoms with Crippen LogP contribution < -0.4 is 0 Å². The average molecular weight is 311 g/mol. The van der Waals surface area contributed by atoms with Crippen molar-refractivity contribution < 1.29 is 23.5 Å². The molecule has 1 aliphatic heterocycles. The molecule has 1 aliphatic rings. The second-order valence-electron chi connectivity index (χ2n) is 5.58. The standard InChI is InChI=1S/C16H19F2NO3/c17-12-5-4-11(14(18)10-12)9-15(20)19-8-2-1-3-13(19)6-7-16(21)22/h4-5,10,13H,1-3,6-9H2,(H,21,22)/t13-/m0/s1. The van der Waals surface area contributed by atoms with Crippen LogP contribution in [0.25, 0.3) is 0 Å². The van der Waals surface area contributed by atoms with Gasteiger partial charge in [0, 0.05) is 25.1 Å². The molecule has 6 heteroatoms. The van der Waals surface area contributed by atoms with Gasteiger partial charge in [-0.2, -0.15) is 0 Å². The number of hydrogen-bond acceptors (Lipinski definition) is 2. The van der Waals surface area contributed by atoms with Gasteiger partial charge in [0.1, 0.15) is 11.6 Å². The molecule has 1 heterocycles. The van der Waals surface area contributed by atoms with Crippen molar-refractivity contribution in [2.24, 2.45) is 0 Å². The fraction of sp³-hybridized carbons (Fsp3) is 0.500. The number of nitrogens with zero attached hydrogens (tertiary/aromatic N) is 1. The lowest BCUT2D eigenvalue weighted by molar-refractivity contribution is -0.139. The van der Waals surface area contributed by atoms with Crippen molar-refractivity contribution in [2.45, 2.75) is 44.6 Å². The number of rotatable bonds is 5. The zero-order chi connectivity index (χ0) is 16.1. The van der Waals surface area contributed by atoms with E-state index in [1.165, 1.54) is 6.07 Å². The molecule has 1 atom stereocenters. The molecular formula is C16H19F2NO3. The van der Waals surface area contributed by atoms with Gasteiger partial charge in [-0.05, 0) is 37.3 Å². The summed E-state index contributed by atoms with van der Waals surface area (Å²) >= 11 is 0. The Balaban J connectivity index is 2.03. The highest BCUT2D eigenvalue weighted by atomic mass is 19.1. The van der Waals surface area contributed by atoms with Crippen molar-refractivity contribution in [2.75, 3.05) is 6.54 Å². The molecule has 1 N–H and O–H groups in total. The smallest absolute Gasteiger partial charge is 0.303 e. The molecule has 22 heavy (non-hydrogen) atoms. The summed E-state index contributed by atoms with van der Waals surface area (Å²) < 4.78 is 26.5. The molecule has 4 nitrogen and oxygen atoms in total. The minimum Gasteiger partial charge on any atom is -0.481 e. The molecule has 0 saturated carbocycles. The van der Waals surface area contributed by atoms with Gasteiger partial charge in [0.2, 0.25) is 5.91 Å². The van der Waals surface area contributed by atoms with Crippen LogP contribution >= 0.6 is 0 Å². The van der Waals surface area contributed by atoms with Crippen LogP contribution in [0, 0.1) is 11.6 Å². The van der Waals surface area contributed by atoms with Crippen LogP contribution in [0.3, 0.4) is 0 Å². The number of hydrogen-bond donors (Lipinski definition) is 1. The maximum absolute atomic E-state index is 13.6. The Morgan fingerprint density at radius 1 is 1.27 bits per heavy atom. The second-order valence-corrected chi connectivity index (χ2v) is 5.58. The number of amides is 1. The number of carboxylic acid groups (broad SMARTS) is 1. The highest BCUT2D eigenvalue weighted by Crippen LogP contribution is 2.22. The first kappa shape index (κ1) is 16.4. The predicted molar refractivity (Wildman–Crippen MR) is 76.3 cm³/mol. The first-order valence-electron chi connectivity index (χ1n) is 7.42. The molecule has 0 unspecified atom stereocenters. The van der Waals surface area contributed by atoms with E-state index in [9.17, 15) is 18.4 Å². The Hall–Kier alpha value is -1.98. The number of piperidine rings is 1. The van der Waals surface area contributed by atoms with Crippen molar-refractivity contribution in [1.29, 1.82) is 0 Å². The van der Waals surface area contributed by atoms with Gasteiger partial charge in [-0.1, -0.05) is 6.07 Å². The normalized spacial score (nSPS) is 18.3. The summed E-state index contributed by atoms with van der Waals surface area (Å²) in [4.78, 5) is 24.7. The topological polar surface area (TPSA) is 57.6 Å². The molecule has 1 saturated heterocycles. The van der Waals surface area contributed by atoms with Crippen LogP contribution in [-0.4, -0.2) is 34.5 Å². The summed E-state index contributed by atoms with van der Waals surface area (Å²) in [5.41, 5.74) is 0.161. The summed E-state index contributed by atoms with van der Waals surface area (Å²) in [7, 11) is 0. The van der Waals surface area contributed by atoms with Crippen molar-refractivity contribution in [1.82, 2.24) is 4.90 Å². The number of likely N-dealkylation sites (tertiary alicyclic amines) is 1. The zero-order valence-corrected chi connectivity index (χ0v) is 12.2. The van der Waals surface area contributed by atoms with Gasteiger partial charge in [-0.25, -0.2) is 8.78 Å². The summed E-state index contributed by atoms with van der Waals surface area (Å²) in [5, 5.41) is 8.78. The first-order chi connectivity index (χ1) is 10.5. The maximum Gasteiger partial charge on any atom is 0.303 e. The van der Waals surface area contributed by atoms with Crippen molar-refractivity contribution in [3.05, 3.63) is 35.4 Å². The molecule has 1 amide bonds. The number of carbonyl (C=O) groups is 2. The van der Waals surface area contributed by atoms with Crippen molar-refractivity contribution in [3.8, 4) is 0 Å². The van der Waals surface area contributed by atoms with Gasteiger partial charge in [-0.3, -0.25) is 9.59 Å². The van der Waals surface area contributed by atoms with Gasteiger partial charge in [0.05, 0.1) is 6.42 Å². The minimum absolute atomic E-state index is 0.0133. The minimum atomic E-state index is -0.887. The summed E-state index contributed by atoms with van der Waals surface area (Å²) in [6, 6.07) is 3.06. The van der Waals surface area contributed by atoms with E-state index in [0.717, 1.165) is 31.4 Å². The molecule has 120 valence electrons. The monoisotopic (exact) mass is 311 g/mol. The largest absolute Gasteiger partial charge is 0.481 e. The van der Waals surface area contributed by atoms with E-state index >= 15 is 0 Å². The van der Waals surface area contributed by atoms with Gasteiger partial charge < -0.3 is 10.0 Å². The SMILES string of the molecule is O=C(O)CC[C@@H]1CCCCN1C(=O)Cc1ccc(F)cc1F. The number of carbonyl (C=O) groups excluding carboxylic acids is 1. The number of halogens is 2. The molecule has 0 bridgehead atoms. The second kappa shape index (κ2) is 7.33. The van der Waals surface area contributed by atoms with Gasteiger partial charge >= 0.3 is 5.97 Å². The average Bonchev–Trinajstić information content (AvgIpc) is 2.48. The van der Waals surface area contributed by atoms with Gasteiger partial charge in [0.25, 0.3) is 0 Å². The Labute approximate surface area is 127 Å². The summed E-state index contributed by atoms with van der Waals surface area (Å²) in [6.45, 7) is 0.561. The van der Waals surface area contributed by atoms with Gasteiger partial charge in [-0.15, -0.1) is 0 Å². The molecule has 0 aromatic heterocycles. The molecule has 2 rings (SSSR count). The van der Waals surface area contributed by atoms with Crippen LogP contribution in [-0.2, 0) is 16.0 Å². The zero-order valence-electron chi connectivity index (χ0n) is 12.2. The summed E-state index contributed by atoms with van der Waals surface area (Å²) in [5.74, 6) is -2.53. The van der Waals surface area contributed by atoms with Crippen LogP contribution in [0.2, 0.25) is 0 Å². The van der Waals surface area contributed by atoms with E-state index in [0.29, 0.717) is 13.0 Å². The lowest BCUT2D eigenvalue weighted by atomic mass is 9.97. The maximum atomic E-state index is 13.6. The van der Waals surface area contributed by atoms with Crippen LogP contribution in [0.15, 0.2) is 18.2 Å². The molecule has 1 aromatic rings. The van der Waals surface area contributed by atoms with E-state index in [1.54, 1.807) is 4.90 Å². The van der Waals surface area contributed by atoms with E-state index in [4.69, 9.17) is 5.11 Å². The Morgan fingerprint density at radius 3 is 2.73 bits per heavy atom. The highest BCUT2D eigenvalue weighted by molar-refractivity contribution is 5.79. The Bertz CT molecular complexity index is 562. The fourth-order valence-corrected chi connectivity index (χ4v) is 2.85. The Kier molecular flexibility index (Phi) is 5.46. The molecule has 0 radical (unpaired) electrons. The molecular weight excluding hydrogens is 292 g/mol. The first-order valence-corrected chi connectivity index (χ1v) is 7.42. The molecule has 1 aromatic carbocycles. The van der Waals surface area contributed by atoms with Gasteiger partial charge in [0.15, 0.2) is 0 Å². The fourth-order valence-electron chi connectivity index (χ4n) is 2.85. The number of carboxylic acids is 1. The quantitative estimate of drug-likeness (QED) is 0.909. The van der Waals surface area contributed by atoms with Crippen molar-refractivity contribution in [3.63, 3.8) is 0 Å². The number of benzene rings is 1. The molecule has 0 spiro atoms. The third-order valence-electron chi connectivity index (χ3n) is 4.00. The van der Waals surface area contributed by atoms with E-state index in [-0.39, 0.29) is 30.4 Å². The number of aliphatic carboxylic acids is 1. The Morgan fingerprint density at radius 2 is 2.05 bits per heavy atom. The van der Waals surface area contributed by atoms with E-state index in [1.807, 2.05) is 0 Å². The lowest BCUT2D eigenvalue weighted by Gasteiger charge is -2.35. The predicted octanol–water partition coefficient (Wildman–Crippen LogP) is 2.75.